The molecular weight excluding hydrogens is 298 g/mol. The molecule has 2 aromatic rings. The van der Waals surface area contributed by atoms with Crippen LogP contribution >= 0.6 is 0 Å². The molecule has 3 nitrogen and oxygen atoms in total. The third-order valence-corrected chi connectivity index (χ3v) is 4.59. The lowest BCUT2D eigenvalue weighted by Gasteiger charge is -2.08. The summed E-state index contributed by atoms with van der Waals surface area (Å²) in [6.45, 7) is 3.90. The van der Waals surface area contributed by atoms with Crippen molar-refractivity contribution in [3.63, 3.8) is 0 Å². The molecule has 3 heteroatoms. The van der Waals surface area contributed by atoms with E-state index in [1.807, 2.05) is 12.1 Å². The van der Waals surface area contributed by atoms with E-state index in [0.29, 0.717) is 12.0 Å². The van der Waals surface area contributed by atoms with Gasteiger partial charge in [-0.05, 0) is 48.2 Å². The highest BCUT2D eigenvalue weighted by Crippen LogP contribution is 2.41. The van der Waals surface area contributed by atoms with E-state index in [-0.39, 0.29) is 0 Å². The molecule has 0 bridgehead atoms. The molecule has 24 heavy (non-hydrogen) atoms. The van der Waals surface area contributed by atoms with Crippen LogP contribution in [0.25, 0.3) is 0 Å². The molecule has 1 fully saturated rings. The lowest BCUT2D eigenvalue weighted by molar-refractivity contribution is 0.309. The van der Waals surface area contributed by atoms with Crippen molar-refractivity contribution in [1.82, 2.24) is 5.32 Å². The van der Waals surface area contributed by atoms with E-state index in [2.05, 4.69) is 48.6 Å². The van der Waals surface area contributed by atoms with Crippen LogP contribution in [0, 0.1) is 0 Å². The van der Waals surface area contributed by atoms with Gasteiger partial charge in [-0.2, -0.15) is 0 Å². The Balaban J connectivity index is 1.44. The van der Waals surface area contributed by atoms with Gasteiger partial charge in [-0.3, -0.25) is 0 Å². The van der Waals surface area contributed by atoms with E-state index in [4.69, 9.17) is 9.47 Å². The molecule has 1 saturated carbocycles. The van der Waals surface area contributed by atoms with Crippen molar-refractivity contribution in [2.24, 2.45) is 0 Å². The zero-order valence-electron chi connectivity index (χ0n) is 14.6. The number of methoxy groups -OCH3 is 1. The molecule has 0 heterocycles. The second kappa shape index (κ2) is 8.20. The van der Waals surface area contributed by atoms with E-state index < -0.39 is 0 Å². The highest BCUT2D eigenvalue weighted by atomic mass is 16.5. The van der Waals surface area contributed by atoms with Crippen molar-refractivity contribution < 1.29 is 9.47 Å². The van der Waals surface area contributed by atoms with E-state index in [1.165, 1.54) is 24.0 Å². The van der Waals surface area contributed by atoms with Gasteiger partial charge >= 0.3 is 0 Å². The van der Waals surface area contributed by atoms with Gasteiger partial charge < -0.3 is 14.8 Å². The molecule has 0 amide bonds. The molecule has 1 aliphatic rings. The lowest BCUT2D eigenvalue weighted by atomic mass is 10.1. The Bertz CT molecular complexity index is 621. The zero-order chi connectivity index (χ0) is 16.8. The monoisotopic (exact) mass is 325 g/mol. The first-order chi connectivity index (χ1) is 11.8. The summed E-state index contributed by atoms with van der Waals surface area (Å²) in [4.78, 5) is 0. The number of hydrogen-bond acceptors (Lipinski definition) is 3. The molecule has 1 N–H and O–H groups in total. The van der Waals surface area contributed by atoms with Gasteiger partial charge in [0.1, 0.15) is 11.5 Å². The summed E-state index contributed by atoms with van der Waals surface area (Å²) in [6, 6.07) is 17.5. The van der Waals surface area contributed by atoms with E-state index in [9.17, 15) is 0 Å². The predicted molar refractivity (Wildman–Crippen MR) is 97.8 cm³/mol. The fourth-order valence-electron chi connectivity index (χ4n) is 2.93. The highest BCUT2D eigenvalue weighted by Gasteiger charge is 2.37. The molecule has 0 aromatic heterocycles. The van der Waals surface area contributed by atoms with Crippen molar-refractivity contribution >= 4 is 0 Å². The van der Waals surface area contributed by atoms with E-state index in [1.54, 1.807) is 7.11 Å². The Hall–Kier alpha value is -2.00. The smallest absolute Gasteiger partial charge is 0.119 e. The average molecular weight is 325 g/mol. The van der Waals surface area contributed by atoms with Gasteiger partial charge in [0.25, 0.3) is 0 Å². The van der Waals surface area contributed by atoms with Crippen molar-refractivity contribution in [2.45, 2.75) is 44.7 Å². The van der Waals surface area contributed by atoms with Crippen molar-refractivity contribution in [2.75, 3.05) is 13.7 Å². The number of hydrogen-bond donors (Lipinski definition) is 1. The summed E-state index contributed by atoms with van der Waals surface area (Å²) < 4.78 is 10.9. The first kappa shape index (κ1) is 16.8. The van der Waals surface area contributed by atoms with E-state index >= 15 is 0 Å². The topological polar surface area (TPSA) is 30.5 Å². The van der Waals surface area contributed by atoms with Gasteiger partial charge in [0, 0.05) is 18.5 Å². The lowest BCUT2D eigenvalue weighted by Crippen LogP contribution is -2.17. The van der Waals surface area contributed by atoms with Crippen LogP contribution in [0.2, 0.25) is 0 Å². The van der Waals surface area contributed by atoms with Crippen molar-refractivity contribution in [1.29, 1.82) is 0 Å². The van der Waals surface area contributed by atoms with Crippen LogP contribution in [-0.4, -0.2) is 19.8 Å². The van der Waals surface area contributed by atoms with Crippen LogP contribution < -0.4 is 14.8 Å². The van der Waals surface area contributed by atoms with Gasteiger partial charge in [-0.1, -0.05) is 37.6 Å². The van der Waals surface area contributed by atoms with E-state index in [0.717, 1.165) is 31.1 Å². The van der Waals surface area contributed by atoms with Gasteiger partial charge in [-0.25, -0.2) is 0 Å². The molecule has 3 rings (SSSR count). The Kier molecular flexibility index (Phi) is 5.76. The molecule has 2 aromatic carbocycles. The van der Waals surface area contributed by atoms with Crippen LogP contribution in [0.5, 0.6) is 11.5 Å². The fraction of sp³-hybridized carbons (Fsp3) is 0.429. The minimum atomic E-state index is 0.582. The summed E-state index contributed by atoms with van der Waals surface area (Å²) in [5.41, 5.74) is 2.70. The molecule has 0 spiro atoms. The predicted octanol–water partition coefficient (Wildman–Crippen LogP) is 4.52. The van der Waals surface area contributed by atoms with Gasteiger partial charge in [0.2, 0.25) is 0 Å². The van der Waals surface area contributed by atoms with Crippen LogP contribution in [0.15, 0.2) is 48.5 Å². The first-order valence-electron chi connectivity index (χ1n) is 8.89. The average Bonchev–Trinajstić information content (AvgIpc) is 3.41. The minimum Gasteiger partial charge on any atom is -0.497 e. The second-order valence-electron chi connectivity index (χ2n) is 6.45. The number of unbranched alkanes of at least 4 members (excludes halogenated alkanes) is 1. The van der Waals surface area contributed by atoms with Crippen LogP contribution in [-0.2, 0) is 6.54 Å². The Morgan fingerprint density at radius 1 is 1.00 bits per heavy atom. The highest BCUT2D eigenvalue weighted by molar-refractivity contribution is 5.34. The molecule has 0 aliphatic heterocycles. The first-order valence-corrected chi connectivity index (χ1v) is 8.89. The summed E-state index contributed by atoms with van der Waals surface area (Å²) in [5, 5.41) is 3.64. The Labute approximate surface area is 145 Å². The maximum Gasteiger partial charge on any atom is 0.119 e. The zero-order valence-corrected chi connectivity index (χ0v) is 14.6. The second-order valence-corrected chi connectivity index (χ2v) is 6.45. The quantitative estimate of drug-likeness (QED) is 0.688. The number of ether oxygens (including phenoxy) is 2. The largest absolute Gasteiger partial charge is 0.497 e. The maximum atomic E-state index is 5.73. The summed E-state index contributed by atoms with van der Waals surface area (Å²) in [6.07, 6.45) is 3.50. The van der Waals surface area contributed by atoms with Gasteiger partial charge in [0.15, 0.2) is 0 Å². The Morgan fingerprint density at radius 3 is 2.38 bits per heavy atom. The van der Waals surface area contributed by atoms with Gasteiger partial charge in [0.05, 0.1) is 13.7 Å². The summed E-state index contributed by atoms with van der Waals surface area (Å²) >= 11 is 0. The Morgan fingerprint density at radius 2 is 1.71 bits per heavy atom. The normalized spacial score (nSPS) is 19.1. The molecule has 2 atom stereocenters. The molecular formula is C21H27NO2. The summed E-state index contributed by atoms with van der Waals surface area (Å²) in [5.74, 6) is 2.52. The third-order valence-electron chi connectivity index (χ3n) is 4.59. The minimum absolute atomic E-state index is 0.582. The third kappa shape index (κ3) is 4.51. The van der Waals surface area contributed by atoms with Crippen LogP contribution in [0.4, 0.5) is 0 Å². The number of nitrogens with one attached hydrogen (secondary N) is 1. The summed E-state index contributed by atoms with van der Waals surface area (Å²) in [7, 11) is 1.70. The fourth-order valence-corrected chi connectivity index (χ4v) is 2.93. The van der Waals surface area contributed by atoms with Crippen LogP contribution in [0.1, 0.15) is 43.2 Å². The number of rotatable bonds is 9. The molecule has 128 valence electrons. The molecule has 0 radical (unpaired) electrons. The maximum absolute atomic E-state index is 5.73. The number of benzene rings is 2. The SMILES string of the molecule is CCCCOc1ccc(C2C[C@@H]2NCc2ccc(OC)cc2)cc1. The molecule has 1 aliphatic carbocycles. The standard InChI is InChI=1S/C21H27NO2/c1-3-4-13-24-19-11-7-17(8-12-19)20-14-21(20)22-15-16-5-9-18(23-2)10-6-16/h5-12,20-22H,3-4,13-15H2,1-2H3/t20?,21-/m0/s1. The van der Waals surface area contributed by atoms with Crippen LogP contribution in [0.3, 0.4) is 0 Å². The van der Waals surface area contributed by atoms with Gasteiger partial charge in [-0.15, -0.1) is 0 Å². The van der Waals surface area contributed by atoms with Crippen molar-refractivity contribution in [3.05, 3.63) is 59.7 Å². The van der Waals surface area contributed by atoms with Crippen molar-refractivity contribution in [3.8, 4) is 11.5 Å². The molecule has 0 saturated heterocycles. The molecule has 1 unspecified atom stereocenters.